The molecule has 0 saturated carbocycles. The largest absolute Gasteiger partial charge is 0.391 e. The molecule has 2 rings (SSSR count). The number of aryl methyl sites for hydroxylation is 2. The molecule has 2 heterocycles. The van der Waals surface area contributed by atoms with Gasteiger partial charge in [0.2, 0.25) is 0 Å². The third kappa shape index (κ3) is 2.18. The molecule has 2 atom stereocenters. The van der Waals surface area contributed by atoms with Crippen molar-refractivity contribution in [2.45, 2.75) is 33.8 Å². The third-order valence-corrected chi connectivity index (χ3v) is 4.10. The molecule has 1 aromatic heterocycles. The van der Waals surface area contributed by atoms with Crippen LogP contribution in [0.1, 0.15) is 31.5 Å². The molecule has 0 aromatic carbocycles. The number of rotatable bonds is 2. The zero-order valence-electron chi connectivity index (χ0n) is 11.3. The first-order valence-electron chi connectivity index (χ1n) is 6.42. The van der Waals surface area contributed by atoms with Crippen molar-refractivity contribution in [2.24, 2.45) is 18.9 Å². The first kappa shape index (κ1) is 12.4. The van der Waals surface area contributed by atoms with Crippen LogP contribution in [-0.2, 0) is 13.7 Å². The highest BCUT2D eigenvalue weighted by Gasteiger charge is 2.26. The minimum atomic E-state index is 0.0788. The van der Waals surface area contributed by atoms with Crippen LogP contribution in [0.15, 0.2) is 0 Å². The molecule has 1 fully saturated rings. The smallest absolute Gasteiger partial charge is 0.132 e. The second kappa shape index (κ2) is 4.69. The lowest BCUT2D eigenvalue weighted by Gasteiger charge is -2.37. The first-order valence-corrected chi connectivity index (χ1v) is 6.42. The van der Waals surface area contributed by atoms with E-state index in [-0.39, 0.29) is 6.61 Å². The molecule has 2 unspecified atom stereocenters. The fourth-order valence-electron chi connectivity index (χ4n) is 2.73. The fourth-order valence-corrected chi connectivity index (χ4v) is 2.73. The molecule has 1 aliphatic rings. The number of nitrogens with zero attached hydrogens (tertiary/aromatic N) is 3. The van der Waals surface area contributed by atoms with Crippen molar-refractivity contribution in [1.82, 2.24) is 9.78 Å². The molecule has 4 heteroatoms. The average Bonchev–Trinajstić information content (AvgIpc) is 2.57. The second-order valence-electron chi connectivity index (χ2n) is 5.36. The summed E-state index contributed by atoms with van der Waals surface area (Å²) in [6.07, 6.45) is 1.22. The topological polar surface area (TPSA) is 41.3 Å². The molecule has 0 amide bonds. The number of anilines is 1. The summed E-state index contributed by atoms with van der Waals surface area (Å²) < 4.78 is 1.91. The highest BCUT2D eigenvalue weighted by atomic mass is 16.3. The molecule has 17 heavy (non-hydrogen) atoms. The highest BCUT2D eigenvalue weighted by Crippen LogP contribution is 2.30. The molecular weight excluding hydrogens is 214 g/mol. The molecule has 1 aromatic rings. The number of aliphatic hydroxyl groups is 1. The van der Waals surface area contributed by atoms with Crippen molar-refractivity contribution in [3.63, 3.8) is 0 Å². The number of hydrogen-bond donors (Lipinski definition) is 1. The molecule has 0 spiro atoms. The summed E-state index contributed by atoms with van der Waals surface area (Å²) in [4.78, 5) is 2.37. The van der Waals surface area contributed by atoms with Gasteiger partial charge in [-0.2, -0.15) is 5.10 Å². The molecule has 1 N–H and O–H groups in total. The summed E-state index contributed by atoms with van der Waals surface area (Å²) in [5.41, 5.74) is 1.92. The van der Waals surface area contributed by atoms with Gasteiger partial charge in [0.05, 0.1) is 12.3 Å². The molecule has 96 valence electrons. The van der Waals surface area contributed by atoms with E-state index < -0.39 is 0 Å². The van der Waals surface area contributed by atoms with Crippen LogP contribution >= 0.6 is 0 Å². The zero-order valence-corrected chi connectivity index (χ0v) is 11.3. The average molecular weight is 237 g/mol. The van der Waals surface area contributed by atoms with E-state index in [4.69, 9.17) is 0 Å². The van der Waals surface area contributed by atoms with Crippen molar-refractivity contribution >= 4 is 5.82 Å². The van der Waals surface area contributed by atoms with Crippen LogP contribution in [0.5, 0.6) is 0 Å². The van der Waals surface area contributed by atoms with Crippen molar-refractivity contribution in [2.75, 3.05) is 18.0 Å². The van der Waals surface area contributed by atoms with Crippen molar-refractivity contribution in [1.29, 1.82) is 0 Å². The maximum absolute atomic E-state index is 9.48. The van der Waals surface area contributed by atoms with Gasteiger partial charge in [-0.1, -0.05) is 13.8 Å². The number of aromatic nitrogens is 2. The van der Waals surface area contributed by atoms with Gasteiger partial charge >= 0.3 is 0 Å². The number of piperidine rings is 1. The van der Waals surface area contributed by atoms with Crippen molar-refractivity contribution in [3.05, 3.63) is 11.3 Å². The SMILES string of the molecule is Cc1nn(C)c(N2CCC(C)C(C)C2)c1CO. The summed E-state index contributed by atoms with van der Waals surface area (Å²) in [6, 6.07) is 0. The van der Waals surface area contributed by atoms with E-state index in [0.29, 0.717) is 5.92 Å². The zero-order chi connectivity index (χ0) is 12.6. The van der Waals surface area contributed by atoms with Crippen molar-refractivity contribution < 1.29 is 5.11 Å². The Labute approximate surface area is 103 Å². The van der Waals surface area contributed by atoms with Gasteiger partial charge in [-0.3, -0.25) is 4.68 Å². The van der Waals surface area contributed by atoms with E-state index in [1.165, 1.54) is 6.42 Å². The van der Waals surface area contributed by atoms with Crippen LogP contribution < -0.4 is 4.90 Å². The lowest BCUT2D eigenvalue weighted by molar-refractivity contribution is 0.279. The Morgan fingerprint density at radius 3 is 2.65 bits per heavy atom. The van der Waals surface area contributed by atoms with Crippen LogP contribution in [0.2, 0.25) is 0 Å². The molecule has 0 bridgehead atoms. The number of hydrogen-bond acceptors (Lipinski definition) is 3. The Morgan fingerprint density at radius 1 is 1.35 bits per heavy atom. The number of aliphatic hydroxyl groups excluding tert-OH is 1. The van der Waals surface area contributed by atoms with Gasteiger partial charge in [-0.15, -0.1) is 0 Å². The van der Waals surface area contributed by atoms with Crippen LogP contribution in [0, 0.1) is 18.8 Å². The quantitative estimate of drug-likeness (QED) is 0.851. The summed E-state index contributed by atoms with van der Waals surface area (Å²) in [5, 5.41) is 13.9. The molecule has 1 saturated heterocycles. The Balaban J connectivity index is 2.28. The summed E-state index contributed by atoms with van der Waals surface area (Å²) in [7, 11) is 1.96. The van der Waals surface area contributed by atoms with E-state index in [0.717, 1.165) is 36.1 Å². The highest BCUT2D eigenvalue weighted by molar-refractivity contribution is 5.50. The van der Waals surface area contributed by atoms with Gasteiger partial charge < -0.3 is 10.0 Å². The van der Waals surface area contributed by atoms with Crippen LogP contribution in [-0.4, -0.2) is 28.0 Å². The lowest BCUT2D eigenvalue weighted by Crippen LogP contribution is -2.39. The maximum atomic E-state index is 9.48. The van der Waals surface area contributed by atoms with Gasteiger partial charge in [0.1, 0.15) is 5.82 Å². The Hall–Kier alpha value is -1.03. The monoisotopic (exact) mass is 237 g/mol. The summed E-state index contributed by atoms with van der Waals surface area (Å²) in [6.45, 7) is 8.80. The van der Waals surface area contributed by atoms with Gasteiger partial charge in [0, 0.05) is 25.7 Å². The molecule has 1 aliphatic heterocycles. The lowest BCUT2D eigenvalue weighted by atomic mass is 9.88. The standard InChI is InChI=1S/C13H23N3O/c1-9-5-6-16(7-10(9)2)13-12(8-17)11(3)14-15(13)4/h9-10,17H,5-8H2,1-4H3. The molecule has 0 radical (unpaired) electrons. The van der Waals surface area contributed by atoms with Gasteiger partial charge in [-0.25, -0.2) is 0 Å². The Morgan fingerprint density at radius 2 is 2.06 bits per heavy atom. The molecule has 4 nitrogen and oxygen atoms in total. The van der Waals surface area contributed by atoms with Crippen molar-refractivity contribution in [3.8, 4) is 0 Å². The molecule has 0 aliphatic carbocycles. The van der Waals surface area contributed by atoms with E-state index in [2.05, 4.69) is 23.8 Å². The fraction of sp³-hybridized carbons (Fsp3) is 0.769. The first-order chi connectivity index (χ1) is 8.04. The van der Waals surface area contributed by atoms with Crippen LogP contribution in [0.4, 0.5) is 5.82 Å². The predicted molar refractivity (Wildman–Crippen MR) is 69.0 cm³/mol. The van der Waals surface area contributed by atoms with E-state index in [9.17, 15) is 5.11 Å². The van der Waals surface area contributed by atoms with Gasteiger partial charge in [0.25, 0.3) is 0 Å². The van der Waals surface area contributed by atoms with E-state index >= 15 is 0 Å². The van der Waals surface area contributed by atoms with Crippen LogP contribution in [0.25, 0.3) is 0 Å². The summed E-state index contributed by atoms with van der Waals surface area (Å²) in [5.74, 6) is 2.59. The third-order valence-electron chi connectivity index (χ3n) is 4.10. The molecular formula is C13H23N3O. The predicted octanol–water partition coefficient (Wildman–Crippen LogP) is 1.70. The minimum Gasteiger partial charge on any atom is -0.391 e. The normalized spacial score (nSPS) is 25.4. The van der Waals surface area contributed by atoms with E-state index in [1.807, 2.05) is 18.7 Å². The minimum absolute atomic E-state index is 0.0788. The van der Waals surface area contributed by atoms with Crippen LogP contribution in [0.3, 0.4) is 0 Å². The van der Waals surface area contributed by atoms with Gasteiger partial charge in [-0.05, 0) is 25.2 Å². The second-order valence-corrected chi connectivity index (χ2v) is 5.36. The Bertz CT molecular complexity index is 400. The summed E-state index contributed by atoms with van der Waals surface area (Å²) >= 11 is 0. The maximum Gasteiger partial charge on any atom is 0.132 e. The van der Waals surface area contributed by atoms with E-state index in [1.54, 1.807) is 0 Å². The Kier molecular flexibility index (Phi) is 3.43. The van der Waals surface area contributed by atoms with Gasteiger partial charge in [0.15, 0.2) is 0 Å².